The molecule has 0 spiro atoms. The average molecular weight is 371 g/mol. The third kappa shape index (κ3) is 2.93. The van der Waals surface area contributed by atoms with Crippen LogP contribution in [0.2, 0.25) is 0 Å². The van der Waals surface area contributed by atoms with E-state index >= 15 is 0 Å². The Morgan fingerprint density at radius 2 is 1.79 bits per heavy atom. The van der Waals surface area contributed by atoms with Crippen LogP contribution in [0.15, 0.2) is 54.6 Å². The van der Waals surface area contributed by atoms with Crippen molar-refractivity contribution < 1.29 is 14.6 Å². The van der Waals surface area contributed by atoms with Crippen molar-refractivity contribution in [3.05, 3.63) is 87.3 Å². The van der Waals surface area contributed by atoms with Crippen molar-refractivity contribution >= 4 is 23.8 Å². The molecule has 4 heteroatoms. The Hall–Kier alpha value is -3.53. The van der Waals surface area contributed by atoms with Gasteiger partial charge in [-0.2, -0.15) is 0 Å². The molecule has 4 nitrogen and oxygen atoms in total. The fourth-order valence-electron chi connectivity index (χ4n) is 3.56. The molecule has 3 aromatic rings. The van der Waals surface area contributed by atoms with Crippen molar-refractivity contribution in [3.63, 3.8) is 0 Å². The molecule has 1 heterocycles. The average Bonchev–Trinajstić information content (AvgIpc) is 2.65. The maximum atomic E-state index is 12.0. The van der Waals surface area contributed by atoms with Gasteiger partial charge in [-0.15, -0.1) is 0 Å². The highest BCUT2D eigenvalue weighted by Gasteiger charge is 2.24. The van der Waals surface area contributed by atoms with Crippen LogP contribution in [-0.4, -0.2) is 11.1 Å². The highest BCUT2D eigenvalue weighted by Crippen LogP contribution is 2.38. The number of anilines is 1. The third-order valence-electron chi connectivity index (χ3n) is 5.02. The van der Waals surface area contributed by atoms with E-state index in [2.05, 4.69) is 20.4 Å². The normalized spacial score (nSPS) is 12.3. The van der Waals surface area contributed by atoms with Crippen molar-refractivity contribution in [2.75, 3.05) is 5.73 Å². The molecule has 0 bridgehead atoms. The molecule has 0 atom stereocenters. The lowest BCUT2D eigenvalue weighted by atomic mass is 9.87. The fourth-order valence-corrected chi connectivity index (χ4v) is 3.56. The number of carboxylic acids is 1. The summed E-state index contributed by atoms with van der Waals surface area (Å²) in [5.41, 5.74) is 10.2. The molecule has 3 aromatic carbocycles. The second-order valence-corrected chi connectivity index (χ2v) is 7.33. The number of benzene rings is 3. The minimum atomic E-state index is -0.961. The van der Waals surface area contributed by atoms with E-state index in [4.69, 9.17) is 10.5 Å². The summed E-state index contributed by atoms with van der Waals surface area (Å²) >= 11 is 0. The molecule has 0 saturated carbocycles. The van der Waals surface area contributed by atoms with Crippen LogP contribution >= 0.6 is 0 Å². The van der Waals surface area contributed by atoms with Crippen LogP contribution in [-0.2, 0) is 0 Å². The van der Waals surface area contributed by atoms with E-state index in [1.165, 1.54) is 0 Å². The standard InChI is InChI=1S/C24H21NO3/c1-13(2)15-5-8-17(24(26)27)20(11-15)23-18-7-4-14(3)10-21(18)28-22-12-16(25)6-9-19(22)23/h4-13H,3,25H2,1-2H3,(H,26,27). The van der Waals surface area contributed by atoms with E-state index in [1.807, 2.05) is 36.4 Å². The Bertz CT molecular complexity index is 1230. The molecule has 3 N–H and O–H groups in total. The highest BCUT2D eigenvalue weighted by molar-refractivity contribution is 5.98. The minimum absolute atomic E-state index is 0.258. The number of carboxylic acid groups (broad SMARTS) is 1. The number of carbonyl (C=O) groups is 1. The lowest BCUT2D eigenvalue weighted by Gasteiger charge is -2.23. The molecule has 140 valence electrons. The molecule has 0 saturated heterocycles. The van der Waals surface area contributed by atoms with Crippen LogP contribution in [0.5, 0.6) is 11.5 Å². The number of aromatic carboxylic acids is 1. The van der Waals surface area contributed by atoms with Crippen molar-refractivity contribution in [2.45, 2.75) is 19.8 Å². The van der Waals surface area contributed by atoms with Gasteiger partial charge in [-0.05, 0) is 52.6 Å². The first-order chi connectivity index (χ1) is 13.3. The molecular formula is C24H21NO3. The van der Waals surface area contributed by atoms with Gasteiger partial charge in [0, 0.05) is 28.1 Å². The number of nitrogen functional groups attached to an aromatic ring is 1. The summed E-state index contributed by atoms with van der Waals surface area (Å²) in [6, 6.07) is 16.7. The molecule has 1 aliphatic heterocycles. The Balaban J connectivity index is 2.16. The fraction of sp³-hybridized carbons (Fsp3) is 0.125. The maximum absolute atomic E-state index is 12.0. The van der Waals surface area contributed by atoms with E-state index in [1.54, 1.807) is 18.2 Å². The van der Waals surface area contributed by atoms with E-state index in [0.717, 1.165) is 27.1 Å². The first-order valence-electron chi connectivity index (χ1n) is 9.14. The number of hydrogen-bond acceptors (Lipinski definition) is 3. The van der Waals surface area contributed by atoms with Crippen molar-refractivity contribution in [3.8, 4) is 11.5 Å². The van der Waals surface area contributed by atoms with Gasteiger partial charge in [0.15, 0.2) is 0 Å². The van der Waals surface area contributed by atoms with Gasteiger partial charge in [0.1, 0.15) is 11.5 Å². The zero-order valence-corrected chi connectivity index (χ0v) is 15.8. The molecule has 0 aliphatic carbocycles. The number of hydrogen-bond donors (Lipinski definition) is 2. The van der Waals surface area contributed by atoms with Crippen molar-refractivity contribution in [2.24, 2.45) is 0 Å². The predicted molar refractivity (Wildman–Crippen MR) is 111 cm³/mol. The summed E-state index contributed by atoms with van der Waals surface area (Å²) in [6.07, 6.45) is 0. The van der Waals surface area contributed by atoms with Crippen LogP contribution in [0.25, 0.3) is 12.2 Å². The molecule has 4 rings (SSSR count). The topological polar surface area (TPSA) is 72.5 Å². The van der Waals surface area contributed by atoms with Gasteiger partial charge >= 0.3 is 5.97 Å². The quantitative estimate of drug-likeness (QED) is 0.537. The van der Waals surface area contributed by atoms with Gasteiger partial charge in [-0.1, -0.05) is 38.6 Å². The van der Waals surface area contributed by atoms with Crippen LogP contribution in [0, 0.1) is 0 Å². The van der Waals surface area contributed by atoms with Crippen LogP contribution in [0.1, 0.15) is 46.8 Å². The summed E-state index contributed by atoms with van der Waals surface area (Å²) in [5, 5.41) is 11.5. The number of ether oxygens (including phenoxy) is 1. The Labute approximate surface area is 163 Å². The molecule has 28 heavy (non-hydrogen) atoms. The number of rotatable bonds is 3. The van der Waals surface area contributed by atoms with E-state index < -0.39 is 5.97 Å². The molecule has 1 aliphatic rings. The van der Waals surface area contributed by atoms with Crippen molar-refractivity contribution in [1.29, 1.82) is 0 Å². The molecule has 0 amide bonds. The summed E-state index contributed by atoms with van der Waals surface area (Å²) in [4.78, 5) is 12.0. The second kappa shape index (κ2) is 6.57. The van der Waals surface area contributed by atoms with Crippen LogP contribution in [0.3, 0.4) is 0 Å². The van der Waals surface area contributed by atoms with Gasteiger partial charge in [0.25, 0.3) is 0 Å². The predicted octanol–water partition coefficient (Wildman–Crippen LogP) is 3.85. The van der Waals surface area contributed by atoms with E-state index in [-0.39, 0.29) is 11.5 Å². The SMILES string of the molecule is C=c1ccc2c(c1)Oc1cc(N)ccc1C=2c1cc(C(C)C)ccc1C(=O)O. The zero-order valence-electron chi connectivity index (χ0n) is 15.8. The summed E-state index contributed by atoms with van der Waals surface area (Å²) in [5.74, 6) is 0.567. The number of fused-ring (bicyclic) bond motifs is 2. The van der Waals surface area contributed by atoms with E-state index in [9.17, 15) is 9.90 Å². The van der Waals surface area contributed by atoms with Crippen LogP contribution < -0.4 is 20.9 Å². The highest BCUT2D eigenvalue weighted by atomic mass is 16.5. The molecule has 0 radical (unpaired) electrons. The molecular weight excluding hydrogens is 350 g/mol. The monoisotopic (exact) mass is 371 g/mol. The zero-order chi connectivity index (χ0) is 20.0. The Morgan fingerprint density at radius 1 is 1.00 bits per heavy atom. The maximum Gasteiger partial charge on any atom is 0.336 e. The third-order valence-corrected chi connectivity index (χ3v) is 5.02. The summed E-state index contributed by atoms with van der Waals surface area (Å²) < 4.78 is 6.08. The summed E-state index contributed by atoms with van der Waals surface area (Å²) in [6.45, 7) is 8.15. The van der Waals surface area contributed by atoms with Gasteiger partial charge < -0.3 is 15.6 Å². The van der Waals surface area contributed by atoms with Gasteiger partial charge in [0.2, 0.25) is 0 Å². The van der Waals surface area contributed by atoms with Crippen LogP contribution in [0.4, 0.5) is 5.69 Å². The van der Waals surface area contributed by atoms with E-state index in [0.29, 0.717) is 22.7 Å². The summed E-state index contributed by atoms with van der Waals surface area (Å²) in [7, 11) is 0. The Kier molecular flexibility index (Phi) is 4.19. The van der Waals surface area contributed by atoms with Gasteiger partial charge in [0.05, 0.1) is 5.56 Å². The number of nitrogens with two attached hydrogens (primary N) is 1. The molecule has 0 unspecified atom stereocenters. The largest absolute Gasteiger partial charge is 0.478 e. The second-order valence-electron chi connectivity index (χ2n) is 7.33. The first-order valence-corrected chi connectivity index (χ1v) is 9.14. The smallest absolute Gasteiger partial charge is 0.336 e. The first kappa shape index (κ1) is 17.9. The van der Waals surface area contributed by atoms with Crippen molar-refractivity contribution in [1.82, 2.24) is 0 Å². The Morgan fingerprint density at radius 3 is 2.50 bits per heavy atom. The lowest BCUT2D eigenvalue weighted by molar-refractivity contribution is 0.0696. The van der Waals surface area contributed by atoms with Gasteiger partial charge in [-0.3, -0.25) is 0 Å². The van der Waals surface area contributed by atoms with Gasteiger partial charge in [-0.25, -0.2) is 4.79 Å². The molecule has 0 aromatic heterocycles. The minimum Gasteiger partial charge on any atom is -0.478 e. The lowest BCUT2D eigenvalue weighted by Crippen LogP contribution is -2.21. The molecule has 0 fully saturated rings.